The fraction of sp³-hybridized carbons (Fsp3) is 0.625. The van der Waals surface area contributed by atoms with Crippen LogP contribution in [0.15, 0.2) is 18.2 Å². The second-order valence-electron chi connectivity index (χ2n) is 5.81. The van der Waals surface area contributed by atoms with E-state index in [2.05, 4.69) is 25.7 Å². The minimum absolute atomic E-state index is 0.00802. The first-order valence-electron chi connectivity index (χ1n) is 7.24. The molecule has 0 spiro atoms. The molecule has 3 heteroatoms. The van der Waals surface area contributed by atoms with Crippen molar-refractivity contribution in [2.24, 2.45) is 5.41 Å². The summed E-state index contributed by atoms with van der Waals surface area (Å²) in [6, 6.07) is 4.54. The van der Waals surface area contributed by atoms with Crippen molar-refractivity contribution in [1.29, 1.82) is 0 Å². The van der Waals surface area contributed by atoms with Crippen molar-refractivity contribution in [3.8, 4) is 5.75 Å². The zero-order chi connectivity index (χ0) is 14.0. The van der Waals surface area contributed by atoms with Crippen molar-refractivity contribution in [2.45, 2.75) is 46.1 Å². The van der Waals surface area contributed by atoms with Crippen molar-refractivity contribution in [2.75, 3.05) is 13.1 Å². The Morgan fingerprint density at radius 2 is 2.05 bits per heavy atom. The van der Waals surface area contributed by atoms with Gasteiger partial charge < -0.3 is 5.11 Å². The molecule has 0 aliphatic carbocycles. The molecule has 1 aliphatic heterocycles. The highest BCUT2D eigenvalue weighted by Gasteiger charge is 2.37. The van der Waals surface area contributed by atoms with E-state index in [0.717, 1.165) is 13.1 Å². The zero-order valence-corrected chi connectivity index (χ0v) is 12.1. The maximum Gasteiger partial charge on any atom is 0.131 e. The van der Waals surface area contributed by atoms with Gasteiger partial charge in [0.2, 0.25) is 0 Å². The van der Waals surface area contributed by atoms with E-state index in [1.165, 1.54) is 25.3 Å². The summed E-state index contributed by atoms with van der Waals surface area (Å²) in [7, 11) is 0. The highest BCUT2D eigenvalue weighted by molar-refractivity contribution is 5.29. The maximum atomic E-state index is 13.9. The van der Waals surface area contributed by atoms with Gasteiger partial charge in [0.05, 0.1) is 0 Å². The Balaban J connectivity index is 2.15. The first-order valence-corrected chi connectivity index (χ1v) is 7.24. The quantitative estimate of drug-likeness (QED) is 0.885. The molecule has 1 saturated heterocycles. The van der Waals surface area contributed by atoms with Crippen LogP contribution in [0.3, 0.4) is 0 Å². The van der Waals surface area contributed by atoms with Crippen LogP contribution in [0.2, 0.25) is 0 Å². The van der Waals surface area contributed by atoms with Crippen LogP contribution < -0.4 is 0 Å². The lowest BCUT2D eigenvalue weighted by Crippen LogP contribution is -2.29. The minimum atomic E-state index is -0.307. The summed E-state index contributed by atoms with van der Waals surface area (Å²) >= 11 is 0. The van der Waals surface area contributed by atoms with E-state index in [9.17, 15) is 9.50 Å². The number of phenols is 1. The van der Waals surface area contributed by atoms with Gasteiger partial charge in [0.25, 0.3) is 0 Å². The van der Waals surface area contributed by atoms with Crippen LogP contribution in [-0.2, 0) is 0 Å². The fourth-order valence-electron chi connectivity index (χ4n) is 3.18. The van der Waals surface area contributed by atoms with Crippen molar-refractivity contribution >= 4 is 0 Å². The smallest absolute Gasteiger partial charge is 0.131 e. The Bertz CT molecular complexity index is 442. The molecule has 1 aliphatic rings. The van der Waals surface area contributed by atoms with Gasteiger partial charge in [0, 0.05) is 24.2 Å². The first kappa shape index (κ1) is 14.3. The molecule has 0 amide bonds. The third-order valence-electron chi connectivity index (χ3n) is 4.95. The predicted octanol–water partition coefficient (Wildman–Crippen LogP) is 4.10. The van der Waals surface area contributed by atoms with E-state index in [0.29, 0.717) is 11.0 Å². The van der Waals surface area contributed by atoms with Crippen LogP contribution in [-0.4, -0.2) is 23.1 Å². The van der Waals surface area contributed by atoms with Gasteiger partial charge in [-0.3, -0.25) is 4.90 Å². The topological polar surface area (TPSA) is 23.5 Å². The largest absolute Gasteiger partial charge is 0.508 e. The maximum absolute atomic E-state index is 13.9. The van der Waals surface area contributed by atoms with Crippen molar-refractivity contribution in [3.05, 3.63) is 29.6 Å². The van der Waals surface area contributed by atoms with Gasteiger partial charge in [-0.05, 0) is 44.2 Å². The molecule has 1 unspecified atom stereocenters. The highest BCUT2D eigenvalue weighted by atomic mass is 19.1. The molecule has 1 N–H and O–H groups in total. The molecule has 19 heavy (non-hydrogen) atoms. The van der Waals surface area contributed by atoms with E-state index in [1.807, 2.05) is 0 Å². The molecule has 1 aromatic rings. The number of hydrogen-bond acceptors (Lipinski definition) is 2. The van der Waals surface area contributed by atoms with Crippen LogP contribution in [0, 0.1) is 11.2 Å². The molecule has 2 rings (SSSR count). The minimum Gasteiger partial charge on any atom is -0.508 e. The molecule has 1 atom stereocenters. The monoisotopic (exact) mass is 265 g/mol. The second-order valence-corrected chi connectivity index (χ2v) is 5.81. The summed E-state index contributed by atoms with van der Waals surface area (Å²) in [5.41, 5.74) is 1.09. The predicted molar refractivity (Wildman–Crippen MR) is 75.7 cm³/mol. The Kier molecular flexibility index (Phi) is 4.14. The molecule has 0 bridgehead atoms. The molecule has 2 nitrogen and oxygen atoms in total. The Morgan fingerprint density at radius 3 is 2.58 bits per heavy atom. The van der Waals surface area contributed by atoms with Gasteiger partial charge in [-0.25, -0.2) is 4.39 Å². The van der Waals surface area contributed by atoms with E-state index >= 15 is 0 Å². The molecule has 1 heterocycles. The van der Waals surface area contributed by atoms with Gasteiger partial charge >= 0.3 is 0 Å². The van der Waals surface area contributed by atoms with E-state index in [1.54, 1.807) is 12.1 Å². The number of phenolic OH excluding ortho intramolecular Hbond substituents is 1. The summed E-state index contributed by atoms with van der Waals surface area (Å²) in [6.07, 6.45) is 3.57. The Morgan fingerprint density at radius 1 is 1.37 bits per heavy atom. The van der Waals surface area contributed by atoms with Gasteiger partial charge in [-0.1, -0.05) is 19.9 Å². The lowest BCUT2D eigenvalue weighted by atomic mass is 9.82. The number of benzene rings is 1. The average Bonchev–Trinajstić information content (AvgIpc) is 2.83. The first-order chi connectivity index (χ1) is 9.01. The van der Waals surface area contributed by atoms with Crippen LogP contribution in [0.25, 0.3) is 0 Å². The lowest BCUT2D eigenvalue weighted by molar-refractivity contribution is 0.201. The highest BCUT2D eigenvalue weighted by Crippen LogP contribution is 2.40. The molecular formula is C16H24FNO. The van der Waals surface area contributed by atoms with E-state index < -0.39 is 0 Å². The Hall–Kier alpha value is -1.09. The van der Waals surface area contributed by atoms with Crippen molar-refractivity contribution in [3.63, 3.8) is 0 Å². The normalized spacial score (nSPS) is 20.6. The summed E-state index contributed by atoms with van der Waals surface area (Å²) in [4.78, 5) is 2.36. The lowest BCUT2D eigenvalue weighted by Gasteiger charge is -2.30. The van der Waals surface area contributed by atoms with Crippen LogP contribution in [0.4, 0.5) is 4.39 Å². The Labute approximate surface area is 115 Å². The summed E-state index contributed by atoms with van der Waals surface area (Å²) in [5.74, 6) is -0.315. The summed E-state index contributed by atoms with van der Waals surface area (Å²) < 4.78 is 13.9. The molecule has 106 valence electrons. The summed E-state index contributed by atoms with van der Waals surface area (Å²) in [5, 5.41) is 9.29. The van der Waals surface area contributed by atoms with E-state index in [4.69, 9.17) is 0 Å². The molecule has 0 radical (unpaired) electrons. The molecule has 0 aromatic heterocycles. The third-order valence-corrected chi connectivity index (χ3v) is 4.95. The van der Waals surface area contributed by atoms with Crippen molar-refractivity contribution in [1.82, 2.24) is 4.90 Å². The molecular weight excluding hydrogens is 241 g/mol. The molecule has 1 aromatic carbocycles. The van der Waals surface area contributed by atoms with Gasteiger partial charge in [0.15, 0.2) is 0 Å². The average molecular weight is 265 g/mol. The third kappa shape index (κ3) is 2.76. The van der Waals surface area contributed by atoms with Crippen LogP contribution in [0.5, 0.6) is 5.75 Å². The van der Waals surface area contributed by atoms with Gasteiger partial charge in [-0.15, -0.1) is 0 Å². The standard InChI is InChI=1S/C16H24FNO/c1-4-16(5-2)8-9-18(11-16)12(3)14-7-6-13(19)10-15(14)17/h6-7,10,12,19H,4-5,8-9,11H2,1-3H3. The van der Waals surface area contributed by atoms with Crippen molar-refractivity contribution < 1.29 is 9.50 Å². The second kappa shape index (κ2) is 5.49. The van der Waals surface area contributed by atoms with Crippen LogP contribution >= 0.6 is 0 Å². The zero-order valence-electron chi connectivity index (χ0n) is 12.1. The number of aromatic hydroxyl groups is 1. The molecule has 0 saturated carbocycles. The molecule has 1 fully saturated rings. The number of hydrogen-bond donors (Lipinski definition) is 1. The number of rotatable bonds is 4. The number of likely N-dealkylation sites (tertiary alicyclic amines) is 1. The number of halogens is 1. The fourth-order valence-corrected chi connectivity index (χ4v) is 3.18. The number of nitrogens with zero attached hydrogens (tertiary/aromatic N) is 1. The van der Waals surface area contributed by atoms with E-state index in [-0.39, 0.29) is 17.6 Å². The van der Waals surface area contributed by atoms with Gasteiger partial charge in [-0.2, -0.15) is 0 Å². The summed E-state index contributed by atoms with van der Waals surface area (Å²) in [6.45, 7) is 8.62. The van der Waals surface area contributed by atoms with Gasteiger partial charge in [0.1, 0.15) is 11.6 Å². The SMILES string of the molecule is CCC1(CC)CCN(C(C)c2ccc(O)cc2F)C1. The van der Waals surface area contributed by atoms with Crippen LogP contribution in [0.1, 0.15) is 51.6 Å².